The van der Waals surface area contributed by atoms with Crippen LogP contribution in [-0.4, -0.2) is 17.0 Å². The first-order valence-corrected chi connectivity index (χ1v) is 7.64. The summed E-state index contributed by atoms with van der Waals surface area (Å²) in [7, 11) is 0. The van der Waals surface area contributed by atoms with Crippen molar-refractivity contribution >= 4 is 11.9 Å². The molecule has 1 aromatic rings. The Balaban J connectivity index is 2.02. The highest BCUT2D eigenvalue weighted by Gasteiger charge is 2.38. The lowest BCUT2D eigenvalue weighted by Gasteiger charge is -2.26. The third kappa shape index (κ3) is 3.63. The second-order valence-electron chi connectivity index (χ2n) is 5.86. The number of aliphatic carboxylic acids is 1. The van der Waals surface area contributed by atoms with Crippen LogP contribution in [0.4, 0.5) is 0 Å². The van der Waals surface area contributed by atoms with E-state index in [4.69, 9.17) is 5.11 Å². The van der Waals surface area contributed by atoms with Crippen molar-refractivity contribution in [1.29, 1.82) is 0 Å². The van der Waals surface area contributed by atoms with Crippen LogP contribution in [0.25, 0.3) is 0 Å². The fourth-order valence-electron chi connectivity index (χ4n) is 3.22. The topological polar surface area (TPSA) is 66.4 Å². The molecule has 0 radical (unpaired) electrons. The minimum atomic E-state index is -0.852. The molecule has 1 aliphatic carbocycles. The van der Waals surface area contributed by atoms with Crippen molar-refractivity contribution in [3.05, 3.63) is 35.4 Å². The lowest BCUT2D eigenvalue weighted by Crippen LogP contribution is -2.38. The molecule has 0 atom stereocenters. The van der Waals surface area contributed by atoms with Crippen LogP contribution in [0.5, 0.6) is 0 Å². The fraction of sp³-hybridized carbons (Fsp3) is 0.529. The van der Waals surface area contributed by atoms with E-state index in [9.17, 15) is 9.59 Å². The largest absolute Gasteiger partial charge is 0.481 e. The molecule has 1 saturated carbocycles. The first-order chi connectivity index (χ1) is 10.1. The van der Waals surface area contributed by atoms with Crippen LogP contribution in [0.2, 0.25) is 0 Å². The SMILES string of the molecule is CCC1(C(=O)NCc2ccccc2CC(=O)O)CCCC1. The van der Waals surface area contributed by atoms with Gasteiger partial charge in [-0.1, -0.05) is 44.0 Å². The van der Waals surface area contributed by atoms with E-state index in [-0.39, 0.29) is 17.7 Å². The number of carboxylic acids is 1. The smallest absolute Gasteiger partial charge is 0.307 e. The molecule has 2 N–H and O–H groups in total. The Morgan fingerprint density at radius 1 is 1.19 bits per heavy atom. The van der Waals surface area contributed by atoms with Crippen molar-refractivity contribution < 1.29 is 14.7 Å². The first-order valence-electron chi connectivity index (χ1n) is 7.64. The maximum Gasteiger partial charge on any atom is 0.307 e. The van der Waals surface area contributed by atoms with Crippen molar-refractivity contribution in [2.75, 3.05) is 0 Å². The molecule has 1 aliphatic rings. The summed E-state index contributed by atoms with van der Waals surface area (Å²) in [6.07, 6.45) is 5.03. The van der Waals surface area contributed by atoms with Gasteiger partial charge < -0.3 is 10.4 Å². The Kier molecular flexibility index (Phi) is 4.99. The molecule has 4 nitrogen and oxygen atoms in total. The third-order valence-corrected chi connectivity index (χ3v) is 4.62. The maximum atomic E-state index is 12.5. The number of nitrogens with one attached hydrogen (secondary N) is 1. The summed E-state index contributed by atoms with van der Waals surface area (Å²) in [6.45, 7) is 2.48. The molecule has 0 bridgehead atoms. The fourth-order valence-corrected chi connectivity index (χ4v) is 3.22. The molecule has 1 amide bonds. The highest BCUT2D eigenvalue weighted by Crippen LogP contribution is 2.41. The van der Waals surface area contributed by atoms with Gasteiger partial charge in [0, 0.05) is 12.0 Å². The average molecular weight is 289 g/mol. The number of rotatable bonds is 6. The normalized spacial score (nSPS) is 16.6. The van der Waals surface area contributed by atoms with Gasteiger partial charge in [-0.25, -0.2) is 0 Å². The minimum Gasteiger partial charge on any atom is -0.481 e. The summed E-state index contributed by atoms with van der Waals surface area (Å²) >= 11 is 0. The summed E-state index contributed by atoms with van der Waals surface area (Å²) in [6, 6.07) is 7.39. The molecule has 0 heterocycles. The monoisotopic (exact) mass is 289 g/mol. The van der Waals surface area contributed by atoms with Crippen LogP contribution in [0.1, 0.15) is 50.2 Å². The van der Waals surface area contributed by atoms with Gasteiger partial charge in [-0.05, 0) is 30.4 Å². The van der Waals surface area contributed by atoms with Crippen LogP contribution in [0.15, 0.2) is 24.3 Å². The molecule has 21 heavy (non-hydrogen) atoms. The Morgan fingerprint density at radius 2 is 1.81 bits per heavy atom. The standard InChI is InChI=1S/C17H23NO3/c1-2-17(9-5-6-10-17)16(21)18-12-14-8-4-3-7-13(14)11-15(19)20/h3-4,7-8H,2,5-6,9-12H2,1H3,(H,18,21)(H,19,20). The third-order valence-electron chi connectivity index (χ3n) is 4.62. The maximum absolute atomic E-state index is 12.5. The number of benzene rings is 1. The van der Waals surface area contributed by atoms with Gasteiger partial charge in [-0.2, -0.15) is 0 Å². The van der Waals surface area contributed by atoms with Gasteiger partial charge >= 0.3 is 5.97 Å². The van der Waals surface area contributed by atoms with E-state index in [1.807, 2.05) is 18.2 Å². The zero-order valence-electron chi connectivity index (χ0n) is 12.5. The molecule has 0 aromatic heterocycles. The van der Waals surface area contributed by atoms with E-state index >= 15 is 0 Å². The number of hydrogen-bond acceptors (Lipinski definition) is 2. The number of carbonyl (C=O) groups excluding carboxylic acids is 1. The summed E-state index contributed by atoms with van der Waals surface area (Å²) < 4.78 is 0. The van der Waals surface area contributed by atoms with E-state index in [0.29, 0.717) is 6.54 Å². The second kappa shape index (κ2) is 6.74. The Morgan fingerprint density at radius 3 is 2.38 bits per heavy atom. The molecule has 1 aromatic carbocycles. The quantitative estimate of drug-likeness (QED) is 0.846. The van der Waals surface area contributed by atoms with Crippen molar-refractivity contribution in [2.24, 2.45) is 5.41 Å². The molecule has 0 aliphatic heterocycles. The number of hydrogen-bond donors (Lipinski definition) is 2. The van der Waals surface area contributed by atoms with Gasteiger partial charge in [-0.15, -0.1) is 0 Å². The van der Waals surface area contributed by atoms with Gasteiger partial charge in [0.05, 0.1) is 6.42 Å². The lowest BCUT2D eigenvalue weighted by molar-refractivity contribution is -0.136. The van der Waals surface area contributed by atoms with E-state index in [0.717, 1.165) is 43.2 Å². The number of carboxylic acid groups (broad SMARTS) is 1. The summed E-state index contributed by atoms with van der Waals surface area (Å²) in [5, 5.41) is 11.9. The lowest BCUT2D eigenvalue weighted by atomic mass is 9.82. The molecule has 0 spiro atoms. The van der Waals surface area contributed by atoms with E-state index in [2.05, 4.69) is 12.2 Å². The van der Waals surface area contributed by atoms with Crippen molar-refractivity contribution in [3.63, 3.8) is 0 Å². The number of amides is 1. The zero-order valence-corrected chi connectivity index (χ0v) is 12.5. The minimum absolute atomic E-state index is 0.00896. The van der Waals surface area contributed by atoms with Crippen LogP contribution in [0, 0.1) is 5.41 Å². The molecule has 0 saturated heterocycles. The van der Waals surface area contributed by atoms with Gasteiger partial charge in [0.25, 0.3) is 0 Å². The van der Waals surface area contributed by atoms with Crippen LogP contribution < -0.4 is 5.32 Å². The Bertz CT molecular complexity index is 519. The zero-order chi connectivity index (χ0) is 15.3. The molecule has 4 heteroatoms. The summed E-state index contributed by atoms with van der Waals surface area (Å²) in [5.41, 5.74) is 1.45. The predicted molar refractivity (Wildman–Crippen MR) is 80.8 cm³/mol. The van der Waals surface area contributed by atoms with E-state index in [1.165, 1.54) is 0 Å². The molecule has 2 rings (SSSR count). The van der Waals surface area contributed by atoms with Crippen LogP contribution >= 0.6 is 0 Å². The van der Waals surface area contributed by atoms with Crippen LogP contribution in [-0.2, 0) is 22.6 Å². The first kappa shape index (κ1) is 15.5. The molecule has 1 fully saturated rings. The van der Waals surface area contributed by atoms with Crippen molar-refractivity contribution in [2.45, 2.75) is 52.0 Å². The molecular formula is C17H23NO3. The van der Waals surface area contributed by atoms with Gasteiger partial charge in [0.2, 0.25) is 5.91 Å². The van der Waals surface area contributed by atoms with Gasteiger partial charge in [0.15, 0.2) is 0 Å². The molecule has 0 unspecified atom stereocenters. The molecule has 114 valence electrons. The highest BCUT2D eigenvalue weighted by molar-refractivity contribution is 5.83. The highest BCUT2D eigenvalue weighted by atomic mass is 16.4. The predicted octanol–water partition coefficient (Wildman–Crippen LogP) is 2.90. The van der Waals surface area contributed by atoms with E-state index < -0.39 is 5.97 Å². The Hall–Kier alpha value is -1.84. The van der Waals surface area contributed by atoms with Gasteiger partial charge in [-0.3, -0.25) is 9.59 Å². The summed E-state index contributed by atoms with van der Waals surface area (Å²) in [4.78, 5) is 23.4. The van der Waals surface area contributed by atoms with Crippen molar-refractivity contribution in [1.82, 2.24) is 5.32 Å². The van der Waals surface area contributed by atoms with Crippen LogP contribution in [0.3, 0.4) is 0 Å². The van der Waals surface area contributed by atoms with Crippen molar-refractivity contribution in [3.8, 4) is 0 Å². The molecular weight excluding hydrogens is 266 g/mol. The van der Waals surface area contributed by atoms with Gasteiger partial charge in [0.1, 0.15) is 0 Å². The summed E-state index contributed by atoms with van der Waals surface area (Å²) in [5.74, 6) is -0.734. The average Bonchev–Trinajstić information content (AvgIpc) is 2.95. The number of carbonyl (C=O) groups is 2. The van der Waals surface area contributed by atoms with E-state index in [1.54, 1.807) is 6.07 Å². The second-order valence-corrected chi connectivity index (χ2v) is 5.86. The Labute approximate surface area is 125 Å².